The van der Waals surface area contributed by atoms with Gasteiger partial charge in [-0.1, -0.05) is 13.0 Å². The monoisotopic (exact) mass is 364 g/mol. The number of nitrogens with zero attached hydrogens (tertiary/aromatic N) is 2. The first-order valence-corrected chi connectivity index (χ1v) is 9.72. The van der Waals surface area contributed by atoms with Gasteiger partial charge in [0.1, 0.15) is 5.75 Å². The number of amides is 1. The number of ether oxygens (including phenoxy) is 1. The quantitative estimate of drug-likeness (QED) is 0.458. The van der Waals surface area contributed by atoms with Crippen molar-refractivity contribution in [2.45, 2.75) is 18.6 Å². The van der Waals surface area contributed by atoms with E-state index in [4.69, 9.17) is 4.74 Å². The predicted octanol–water partition coefficient (Wildman–Crippen LogP) is 1.83. The Hall–Kier alpha value is -1.89. The van der Waals surface area contributed by atoms with Crippen molar-refractivity contribution in [2.24, 2.45) is 4.99 Å². The van der Waals surface area contributed by atoms with Crippen LogP contribution in [0.25, 0.3) is 0 Å². The standard InChI is InChI=1S/C18H28N4O2S/c1-4-16-13-22(10-11-25-16)18(19-2)21-9-8-20-17(23)14-6-5-7-15(12-14)24-3/h5-7,12,16H,4,8-11,13H2,1-3H3,(H,19,21)(H,20,23). The van der Waals surface area contributed by atoms with Gasteiger partial charge in [-0.05, 0) is 24.6 Å². The molecule has 0 aliphatic carbocycles. The predicted molar refractivity (Wildman–Crippen MR) is 105 cm³/mol. The van der Waals surface area contributed by atoms with Crippen LogP contribution >= 0.6 is 11.8 Å². The molecule has 1 unspecified atom stereocenters. The number of nitrogens with one attached hydrogen (secondary N) is 2. The number of rotatable bonds is 6. The molecular formula is C18H28N4O2S. The third kappa shape index (κ3) is 5.85. The molecule has 1 aliphatic heterocycles. The first-order chi connectivity index (χ1) is 12.2. The van der Waals surface area contributed by atoms with Crippen LogP contribution < -0.4 is 15.4 Å². The SMILES string of the molecule is CCC1CN(C(=NC)NCCNC(=O)c2cccc(OC)c2)CCS1. The molecule has 25 heavy (non-hydrogen) atoms. The molecule has 1 heterocycles. The van der Waals surface area contributed by atoms with E-state index < -0.39 is 0 Å². The van der Waals surface area contributed by atoms with E-state index in [1.165, 1.54) is 6.42 Å². The van der Waals surface area contributed by atoms with Gasteiger partial charge < -0.3 is 20.3 Å². The molecule has 2 N–H and O–H groups in total. The zero-order valence-corrected chi connectivity index (χ0v) is 16.1. The third-order valence-electron chi connectivity index (χ3n) is 4.13. The van der Waals surface area contributed by atoms with Gasteiger partial charge >= 0.3 is 0 Å². The van der Waals surface area contributed by atoms with Crippen LogP contribution in [0.15, 0.2) is 29.3 Å². The molecule has 7 heteroatoms. The highest BCUT2D eigenvalue weighted by Gasteiger charge is 2.21. The van der Waals surface area contributed by atoms with E-state index >= 15 is 0 Å². The Morgan fingerprint density at radius 3 is 2.92 bits per heavy atom. The van der Waals surface area contributed by atoms with Gasteiger partial charge in [-0.25, -0.2) is 0 Å². The Bertz CT molecular complexity index is 594. The Labute approximate surface area is 154 Å². The average Bonchev–Trinajstić information content (AvgIpc) is 2.68. The number of carbonyl (C=O) groups excluding carboxylic acids is 1. The van der Waals surface area contributed by atoms with E-state index in [-0.39, 0.29) is 5.91 Å². The van der Waals surface area contributed by atoms with Crippen molar-refractivity contribution in [1.29, 1.82) is 0 Å². The topological polar surface area (TPSA) is 66.0 Å². The van der Waals surface area contributed by atoms with Gasteiger partial charge in [0, 0.05) is 49.8 Å². The summed E-state index contributed by atoms with van der Waals surface area (Å²) in [5, 5.41) is 6.93. The molecule has 0 aromatic heterocycles. The Morgan fingerprint density at radius 2 is 2.20 bits per heavy atom. The normalized spacial score (nSPS) is 18.0. The highest BCUT2D eigenvalue weighted by atomic mass is 32.2. The fourth-order valence-electron chi connectivity index (χ4n) is 2.71. The minimum Gasteiger partial charge on any atom is -0.497 e. The molecule has 0 saturated carbocycles. The number of aliphatic imine (C=N–C) groups is 1. The summed E-state index contributed by atoms with van der Waals surface area (Å²) >= 11 is 2.04. The lowest BCUT2D eigenvalue weighted by molar-refractivity contribution is 0.0954. The Morgan fingerprint density at radius 1 is 1.40 bits per heavy atom. The largest absolute Gasteiger partial charge is 0.497 e. The first-order valence-electron chi connectivity index (χ1n) is 8.67. The lowest BCUT2D eigenvalue weighted by atomic mass is 10.2. The van der Waals surface area contributed by atoms with Crippen LogP contribution in [-0.4, -0.2) is 68.1 Å². The lowest BCUT2D eigenvalue weighted by Gasteiger charge is -2.34. The Balaban J connectivity index is 1.76. The summed E-state index contributed by atoms with van der Waals surface area (Å²) in [5.74, 6) is 2.62. The van der Waals surface area contributed by atoms with Crippen molar-refractivity contribution in [2.75, 3.05) is 46.1 Å². The molecule has 0 spiro atoms. The number of hydrogen-bond acceptors (Lipinski definition) is 4. The molecule has 1 aromatic carbocycles. The summed E-state index contributed by atoms with van der Waals surface area (Å²) in [6, 6.07) is 7.15. The highest BCUT2D eigenvalue weighted by molar-refractivity contribution is 8.00. The maximum Gasteiger partial charge on any atom is 0.251 e. The van der Waals surface area contributed by atoms with E-state index in [1.54, 1.807) is 26.3 Å². The summed E-state index contributed by atoms with van der Waals surface area (Å²) in [7, 11) is 3.40. The molecule has 138 valence electrons. The number of hydrogen-bond donors (Lipinski definition) is 2. The molecule has 1 aromatic rings. The first kappa shape index (κ1) is 19.4. The zero-order valence-electron chi connectivity index (χ0n) is 15.2. The van der Waals surface area contributed by atoms with Crippen LogP contribution in [0, 0.1) is 0 Å². The fourth-order valence-corrected chi connectivity index (χ4v) is 3.89. The molecule has 0 bridgehead atoms. The van der Waals surface area contributed by atoms with E-state index in [0.29, 0.717) is 29.7 Å². The minimum atomic E-state index is -0.101. The van der Waals surface area contributed by atoms with Crippen LogP contribution in [-0.2, 0) is 0 Å². The van der Waals surface area contributed by atoms with Gasteiger partial charge in [-0.3, -0.25) is 9.79 Å². The molecule has 6 nitrogen and oxygen atoms in total. The number of thioether (sulfide) groups is 1. The van der Waals surface area contributed by atoms with Crippen LogP contribution in [0.4, 0.5) is 0 Å². The van der Waals surface area contributed by atoms with E-state index in [9.17, 15) is 4.79 Å². The maximum atomic E-state index is 12.2. The number of benzene rings is 1. The van der Waals surface area contributed by atoms with Gasteiger partial charge in [-0.2, -0.15) is 11.8 Å². The van der Waals surface area contributed by atoms with Crippen molar-refractivity contribution in [3.8, 4) is 5.75 Å². The van der Waals surface area contributed by atoms with Crippen molar-refractivity contribution >= 4 is 23.6 Å². The molecular weight excluding hydrogens is 336 g/mol. The molecule has 1 aliphatic rings. The van der Waals surface area contributed by atoms with E-state index in [2.05, 4.69) is 27.4 Å². The van der Waals surface area contributed by atoms with Gasteiger partial charge in [0.2, 0.25) is 0 Å². The summed E-state index contributed by atoms with van der Waals surface area (Å²) < 4.78 is 5.15. The maximum absolute atomic E-state index is 12.2. The lowest BCUT2D eigenvalue weighted by Crippen LogP contribution is -2.49. The van der Waals surface area contributed by atoms with Gasteiger partial charge in [0.15, 0.2) is 5.96 Å². The Kier molecular flexibility index (Phi) is 7.91. The third-order valence-corrected chi connectivity index (χ3v) is 5.50. The van der Waals surface area contributed by atoms with Gasteiger partial charge in [0.25, 0.3) is 5.91 Å². The van der Waals surface area contributed by atoms with E-state index in [1.807, 2.05) is 23.9 Å². The van der Waals surface area contributed by atoms with Crippen LogP contribution in [0.5, 0.6) is 5.75 Å². The van der Waals surface area contributed by atoms with E-state index in [0.717, 1.165) is 24.8 Å². The van der Waals surface area contributed by atoms with Crippen LogP contribution in [0.1, 0.15) is 23.7 Å². The van der Waals surface area contributed by atoms with Crippen molar-refractivity contribution < 1.29 is 9.53 Å². The summed E-state index contributed by atoms with van der Waals surface area (Å²) in [6.07, 6.45) is 1.18. The van der Waals surface area contributed by atoms with Gasteiger partial charge in [-0.15, -0.1) is 0 Å². The fraction of sp³-hybridized carbons (Fsp3) is 0.556. The van der Waals surface area contributed by atoms with Crippen molar-refractivity contribution in [3.63, 3.8) is 0 Å². The number of carbonyl (C=O) groups is 1. The highest BCUT2D eigenvalue weighted by Crippen LogP contribution is 2.20. The molecule has 1 fully saturated rings. The summed E-state index contributed by atoms with van der Waals surface area (Å²) in [5.41, 5.74) is 0.600. The van der Waals surface area contributed by atoms with Crippen molar-refractivity contribution in [3.05, 3.63) is 29.8 Å². The van der Waals surface area contributed by atoms with Crippen molar-refractivity contribution in [1.82, 2.24) is 15.5 Å². The van der Waals surface area contributed by atoms with Gasteiger partial charge in [0.05, 0.1) is 7.11 Å². The van der Waals surface area contributed by atoms with Crippen LogP contribution in [0.3, 0.4) is 0 Å². The molecule has 1 saturated heterocycles. The molecule has 1 atom stereocenters. The zero-order chi connectivity index (χ0) is 18.1. The smallest absolute Gasteiger partial charge is 0.251 e. The number of methoxy groups -OCH3 is 1. The van der Waals surface area contributed by atoms with Crippen LogP contribution in [0.2, 0.25) is 0 Å². The molecule has 0 radical (unpaired) electrons. The summed E-state index contributed by atoms with van der Waals surface area (Å²) in [6.45, 7) is 5.44. The second-order valence-corrected chi connectivity index (χ2v) is 7.22. The summed E-state index contributed by atoms with van der Waals surface area (Å²) in [4.78, 5) is 18.8. The second-order valence-electron chi connectivity index (χ2n) is 5.81. The molecule has 2 rings (SSSR count). The molecule has 1 amide bonds. The second kappa shape index (κ2) is 10.2. The number of guanidine groups is 1. The average molecular weight is 365 g/mol. The minimum absolute atomic E-state index is 0.101.